The van der Waals surface area contributed by atoms with Crippen LogP contribution in [0.4, 0.5) is 4.79 Å². The van der Waals surface area contributed by atoms with Gasteiger partial charge in [0.25, 0.3) is 0 Å². The molecule has 6 nitrogen and oxygen atoms in total. The first-order valence-electron chi connectivity index (χ1n) is 8.38. The molecule has 2 heterocycles. The Hall–Kier alpha value is -1.56. The van der Waals surface area contributed by atoms with Crippen LogP contribution in [0.15, 0.2) is 11.8 Å². The Labute approximate surface area is 135 Å². The molecule has 3 saturated carbocycles. The summed E-state index contributed by atoms with van der Waals surface area (Å²) in [5.41, 5.74) is 0.0297. The zero-order valence-electron chi connectivity index (χ0n) is 13.9. The molecule has 2 aliphatic heterocycles. The average molecular weight is 320 g/mol. The van der Waals surface area contributed by atoms with Gasteiger partial charge in [0.15, 0.2) is 0 Å². The normalized spacial score (nSPS) is 44.0. The van der Waals surface area contributed by atoms with E-state index >= 15 is 0 Å². The van der Waals surface area contributed by atoms with Gasteiger partial charge in [-0.25, -0.2) is 4.79 Å². The SMILES string of the molecule is CC1C2=CN(C34CCC(C(=O)O)(C3)C4)C(=O)N[C@@H]2COC1(C)C. The number of aliphatic carboxylic acids is 1. The van der Waals surface area contributed by atoms with Crippen molar-refractivity contribution in [2.24, 2.45) is 11.3 Å². The number of nitrogens with zero attached hydrogens (tertiary/aromatic N) is 1. The van der Waals surface area contributed by atoms with Crippen LogP contribution in [0.2, 0.25) is 0 Å². The third kappa shape index (κ3) is 1.84. The van der Waals surface area contributed by atoms with Gasteiger partial charge < -0.3 is 15.2 Å². The zero-order chi connectivity index (χ0) is 16.6. The molecule has 23 heavy (non-hydrogen) atoms. The Morgan fingerprint density at radius 2 is 2.09 bits per heavy atom. The van der Waals surface area contributed by atoms with Gasteiger partial charge >= 0.3 is 12.0 Å². The molecule has 6 heteroatoms. The van der Waals surface area contributed by atoms with Crippen molar-refractivity contribution >= 4 is 12.0 Å². The molecule has 5 aliphatic rings. The van der Waals surface area contributed by atoms with Crippen LogP contribution in [-0.4, -0.2) is 45.8 Å². The summed E-state index contributed by atoms with van der Waals surface area (Å²) in [6.07, 6.45) is 4.59. The van der Waals surface area contributed by atoms with E-state index in [4.69, 9.17) is 4.74 Å². The third-order valence-corrected chi connectivity index (χ3v) is 6.73. The average Bonchev–Trinajstić information content (AvgIpc) is 3.00. The summed E-state index contributed by atoms with van der Waals surface area (Å²) in [5.74, 6) is -0.513. The number of carboxylic acids is 1. The molecule has 4 fully saturated rings. The topological polar surface area (TPSA) is 78.9 Å². The van der Waals surface area contributed by atoms with Crippen molar-refractivity contribution in [2.45, 2.75) is 63.6 Å². The maximum absolute atomic E-state index is 12.6. The summed E-state index contributed by atoms with van der Waals surface area (Å²) in [4.78, 5) is 25.9. The second-order valence-electron chi connectivity index (χ2n) is 8.30. The highest BCUT2D eigenvalue weighted by Crippen LogP contribution is 2.64. The molecule has 5 rings (SSSR count). The minimum absolute atomic E-state index is 0.0658. The van der Waals surface area contributed by atoms with Crippen molar-refractivity contribution in [2.75, 3.05) is 6.61 Å². The van der Waals surface area contributed by atoms with Gasteiger partial charge in [-0.05, 0) is 45.1 Å². The Balaban J connectivity index is 1.65. The number of fused-ring (bicyclic) bond motifs is 2. The predicted molar refractivity (Wildman–Crippen MR) is 82.7 cm³/mol. The first kappa shape index (κ1) is 15.0. The van der Waals surface area contributed by atoms with E-state index < -0.39 is 11.4 Å². The van der Waals surface area contributed by atoms with E-state index in [0.717, 1.165) is 6.42 Å². The smallest absolute Gasteiger partial charge is 0.322 e. The maximum atomic E-state index is 12.6. The molecular formula is C17H24N2O4. The summed E-state index contributed by atoms with van der Waals surface area (Å²) < 4.78 is 5.89. The fraction of sp³-hybridized carbons (Fsp3) is 0.765. The molecule has 0 aromatic carbocycles. The quantitative estimate of drug-likeness (QED) is 0.817. The van der Waals surface area contributed by atoms with E-state index in [0.29, 0.717) is 25.9 Å². The minimum atomic E-state index is -0.714. The van der Waals surface area contributed by atoms with Gasteiger partial charge in [0, 0.05) is 12.1 Å². The lowest BCUT2D eigenvalue weighted by Gasteiger charge is -2.53. The fourth-order valence-electron chi connectivity index (χ4n) is 4.91. The molecule has 2 atom stereocenters. The summed E-state index contributed by atoms with van der Waals surface area (Å²) >= 11 is 0. The molecule has 1 saturated heterocycles. The van der Waals surface area contributed by atoms with Crippen molar-refractivity contribution in [3.05, 3.63) is 11.8 Å². The monoisotopic (exact) mass is 320 g/mol. The Bertz CT molecular complexity index is 618. The molecule has 0 aromatic heterocycles. The molecule has 1 unspecified atom stereocenters. The molecule has 2 N–H and O–H groups in total. The van der Waals surface area contributed by atoms with Crippen LogP contribution in [0.1, 0.15) is 46.5 Å². The number of amides is 2. The first-order chi connectivity index (χ1) is 10.7. The summed E-state index contributed by atoms with van der Waals surface area (Å²) in [5, 5.41) is 12.5. The van der Waals surface area contributed by atoms with Crippen LogP contribution in [0, 0.1) is 11.3 Å². The summed E-state index contributed by atoms with van der Waals surface area (Å²) in [6.45, 7) is 6.77. The van der Waals surface area contributed by atoms with Crippen molar-refractivity contribution in [1.29, 1.82) is 0 Å². The van der Waals surface area contributed by atoms with Crippen LogP contribution in [0.5, 0.6) is 0 Å². The second-order valence-corrected chi connectivity index (χ2v) is 8.30. The van der Waals surface area contributed by atoms with Gasteiger partial charge in [0.2, 0.25) is 0 Å². The van der Waals surface area contributed by atoms with E-state index in [2.05, 4.69) is 26.1 Å². The lowest BCUT2D eigenvalue weighted by atomic mass is 9.64. The standard InChI is InChI=1S/C17H24N2O4/c1-10-11-6-19(14(22)18-12(11)7-23-15(10,2)3)17-5-4-16(8-17,9-17)13(20)21/h6,10,12H,4-5,7-9H2,1-3H3,(H,18,22)(H,20,21)/t10?,12-,16?,17?/m1/s1. The van der Waals surface area contributed by atoms with Gasteiger partial charge in [-0.2, -0.15) is 0 Å². The Kier molecular flexibility index (Phi) is 2.80. The molecule has 2 bridgehead atoms. The van der Waals surface area contributed by atoms with Crippen LogP contribution in [0.3, 0.4) is 0 Å². The number of carboxylic acid groups (broad SMARTS) is 1. The van der Waals surface area contributed by atoms with Crippen molar-refractivity contribution in [3.63, 3.8) is 0 Å². The van der Waals surface area contributed by atoms with Crippen molar-refractivity contribution < 1.29 is 19.4 Å². The molecule has 2 amide bonds. The second kappa shape index (κ2) is 4.29. The van der Waals surface area contributed by atoms with Crippen LogP contribution in [-0.2, 0) is 9.53 Å². The van der Waals surface area contributed by atoms with E-state index in [1.807, 2.05) is 6.20 Å². The number of urea groups is 1. The molecule has 126 valence electrons. The van der Waals surface area contributed by atoms with Crippen LogP contribution in [0.25, 0.3) is 0 Å². The lowest BCUT2D eigenvalue weighted by molar-refractivity contribution is -0.156. The minimum Gasteiger partial charge on any atom is -0.481 e. The van der Waals surface area contributed by atoms with E-state index in [1.54, 1.807) is 4.90 Å². The van der Waals surface area contributed by atoms with Gasteiger partial charge in [-0.15, -0.1) is 0 Å². The fourth-order valence-corrected chi connectivity index (χ4v) is 4.91. The van der Waals surface area contributed by atoms with Gasteiger partial charge in [0.05, 0.1) is 29.2 Å². The summed E-state index contributed by atoms with van der Waals surface area (Å²) in [7, 11) is 0. The zero-order valence-corrected chi connectivity index (χ0v) is 13.9. The number of ether oxygens (including phenoxy) is 1. The number of hydrogen-bond acceptors (Lipinski definition) is 3. The number of carbonyl (C=O) groups is 2. The largest absolute Gasteiger partial charge is 0.481 e. The molecule has 0 radical (unpaired) electrons. The molecule has 0 spiro atoms. The predicted octanol–water partition coefficient (Wildman–Crippen LogP) is 2.11. The number of rotatable bonds is 2. The first-order valence-corrected chi connectivity index (χ1v) is 8.38. The summed E-state index contributed by atoms with van der Waals surface area (Å²) in [6, 6.07) is -0.181. The van der Waals surface area contributed by atoms with Crippen molar-refractivity contribution in [3.8, 4) is 0 Å². The van der Waals surface area contributed by atoms with Gasteiger partial charge in [-0.1, -0.05) is 6.92 Å². The van der Waals surface area contributed by atoms with E-state index in [1.165, 1.54) is 5.57 Å². The highest BCUT2D eigenvalue weighted by molar-refractivity contribution is 5.82. The molecule has 0 aromatic rings. The number of carbonyl (C=O) groups excluding carboxylic acids is 1. The lowest BCUT2D eigenvalue weighted by Crippen LogP contribution is -2.65. The Morgan fingerprint density at radius 1 is 1.39 bits per heavy atom. The third-order valence-electron chi connectivity index (χ3n) is 6.73. The highest BCUT2D eigenvalue weighted by atomic mass is 16.5. The highest BCUT2D eigenvalue weighted by Gasteiger charge is 2.68. The van der Waals surface area contributed by atoms with Crippen molar-refractivity contribution in [1.82, 2.24) is 10.2 Å². The van der Waals surface area contributed by atoms with Gasteiger partial charge in [0.1, 0.15) is 0 Å². The molecule has 3 aliphatic carbocycles. The Morgan fingerprint density at radius 3 is 2.70 bits per heavy atom. The maximum Gasteiger partial charge on any atom is 0.322 e. The van der Waals surface area contributed by atoms with Crippen LogP contribution < -0.4 is 5.32 Å². The molecular weight excluding hydrogens is 296 g/mol. The van der Waals surface area contributed by atoms with Gasteiger partial charge in [-0.3, -0.25) is 9.69 Å². The van der Waals surface area contributed by atoms with E-state index in [9.17, 15) is 14.7 Å². The number of hydrogen-bond donors (Lipinski definition) is 2. The number of nitrogens with one attached hydrogen (secondary N) is 1. The van der Waals surface area contributed by atoms with E-state index in [-0.39, 0.29) is 29.1 Å². The van der Waals surface area contributed by atoms with Crippen LogP contribution >= 0.6 is 0 Å².